The fraction of sp³-hybridized carbons (Fsp3) is 0.368. The minimum atomic E-state index is -4.35. The predicted molar refractivity (Wildman–Crippen MR) is 97.9 cm³/mol. The molecular formula is C19H20F3N5. The van der Waals surface area contributed by atoms with Crippen molar-refractivity contribution in [2.24, 2.45) is 0 Å². The van der Waals surface area contributed by atoms with Gasteiger partial charge in [-0.15, -0.1) is 0 Å². The Balaban J connectivity index is 1.72. The summed E-state index contributed by atoms with van der Waals surface area (Å²) in [6.07, 6.45) is -2.61. The van der Waals surface area contributed by atoms with Gasteiger partial charge in [-0.1, -0.05) is 12.1 Å². The number of alkyl halides is 3. The number of piperazine rings is 1. The average Bonchev–Trinajstić information content (AvgIpc) is 2.97. The first-order valence-corrected chi connectivity index (χ1v) is 8.87. The van der Waals surface area contributed by atoms with Crippen LogP contribution in [0.15, 0.2) is 36.5 Å². The lowest BCUT2D eigenvalue weighted by Gasteiger charge is -2.29. The number of hydrogen-bond acceptors (Lipinski definition) is 4. The molecule has 27 heavy (non-hydrogen) atoms. The van der Waals surface area contributed by atoms with Crippen molar-refractivity contribution >= 4 is 16.9 Å². The number of nitrogens with zero attached hydrogens (tertiary/aromatic N) is 4. The fourth-order valence-electron chi connectivity index (χ4n) is 3.49. The smallest absolute Gasteiger partial charge is 0.367 e. The minimum Gasteiger partial charge on any atom is -0.367 e. The molecule has 1 aliphatic heterocycles. The average molecular weight is 375 g/mol. The zero-order valence-corrected chi connectivity index (χ0v) is 14.9. The minimum absolute atomic E-state index is 0.296. The monoisotopic (exact) mass is 375 g/mol. The van der Waals surface area contributed by atoms with E-state index in [0.29, 0.717) is 17.8 Å². The van der Waals surface area contributed by atoms with Crippen LogP contribution in [0, 0.1) is 6.92 Å². The van der Waals surface area contributed by atoms with E-state index in [4.69, 9.17) is 0 Å². The Morgan fingerprint density at radius 1 is 1.15 bits per heavy atom. The van der Waals surface area contributed by atoms with E-state index in [2.05, 4.69) is 20.2 Å². The van der Waals surface area contributed by atoms with E-state index in [-0.39, 0.29) is 0 Å². The molecule has 0 saturated carbocycles. The van der Waals surface area contributed by atoms with Gasteiger partial charge in [0.05, 0.1) is 17.8 Å². The molecule has 0 atom stereocenters. The Morgan fingerprint density at radius 3 is 2.67 bits per heavy atom. The molecule has 142 valence electrons. The number of hydrogen-bond donors (Lipinski definition) is 1. The van der Waals surface area contributed by atoms with Gasteiger partial charge in [-0.05, 0) is 30.7 Å². The normalized spacial score (nSPS) is 15.5. The summed E-state index contributed by atoms with van der Waals surface area (Å²) in [7, 11) is 0. The van der Waals surface area contributed by atoms with Crippen LogP contribution in [-0.4, -0.2) is 40.7 Å². The number of nitrogens with one attached hydrogen (secondary N) is 1. The van der Waals surface area contributed by atoms with Gasteiger partial charge in [0, 0.05) is 32.4 Å². The Labute approximate surface area is 154 Å². The number of halogens is 3. The molecule has 5 nitrogen and oxygen atoms in total. The van der Waals surface area contributed by atoms with E-state index in [0.717, 1.165) is 49.3 Å². The highest BCUT2D eigenvalue weighted by Crippen LogP contribution is 2.30. The van der Waals surface area contributed by atoms with E-state index in [1.807, 2.05) is 17.6 Å². The number of aryl methyl sites for hydroxylation is 1. The maximum Gasteiger partial charge on any atom is 0.416 e. The Bertz CT molecular complexity index is 958. The molecule has 2 aromatic heterocycles. The summed E-state index contributed by atoms with van der Waals surface area (Å²) in [5.74, 6) is 0.734. The van der Waals surface area contributed by atoms with Crippen LogP contribution in [0.3, 0.4) is 0 Å². The number of rotatable bonds is 3. The summed E-state index contributed by atoms with van der Waals surface area (Å²) < 4.78 is 40.9. The van der Waals surface area contributed by atoms with E-state index in [9.17, 15) is 13.2 Å². The second kappa shape index (κ2) is 6.84. The van der Waals surface area contributed by atoms with Crippen molar-refractivity contribution in [3.8, 4) is 0 Å². The molecule has 1 aliphatic rings. The number of pyridine rings is 1. The zero-order valence-electron chi connectivity index (χ0n) is 14.9. The van der Waals surface area contributed by atoms with Gasteiger partial charge < -0.3 is 14.8 Å². The fourth-order valence-corrected chi connectivity index (χ4v) is 3.49. The van der Waals surface area contributed by atoms with Gasteiger partial charge in [-0.25, -0.2) is 9.97 Å². The molecule has 1 N–H and O–H groups in total. The first-order chi connectivity index (χ1) is 12.9. The molecule has 0 amide bonds. The van der Waals surface area contributed by atoms with Gasteiger partial charge in [0.2, 0.25) is 0 Å². The van der Waals surface area contributed by atoms with Crippen LogP contribution in [0.25, 0.3) is 11.2 Å². The van der Waals surface area contributed by atoms with Crippen molar-refractivity contribution in [2.45, 2.75) is 19.6 Å². The molecule has 4 rings (SSSR count). The van der Waals surface area contributed by atoms with Crippen LogP contribution >= 0.6 is 0 Å². The second-order valence-electron chi connectivity index (χ2n) is 6.68. The quantitative estimate of drug-likeness (QED) is 0.764. The van der Waals surface area contributed by atoms with Crippen LogP contribution in [0.2, 0.25) is 0 Å². The van der Waals surface area contributed by atoms with Gasteiger partial charge in [0.1, 0.15) is 11.3 Å². The van der Waals surface area contributed by atoms with Gasteiger partial charge in [0.25, 0.3) is 0 Å². The maximum atomic E-state index is 13.0. The molecule has 1 fully saturated rings. The number of imidazole rings is 1. The summed E-state index contributed by atoms with van der Waals surface area (Å²) in [5, 5.41) is 3.32. The summed E-state index contributed by atoms with van der Waals surface area (Å²) >= 11 is 0. The van der Waals surface area contributed by atoms with E-state index < -0.39 is 11.7 Å². The van der Waals surface area contributed by atoms with Gasteiger partial charge >= 0.3 is 6.18 Å². The lowest BCUT2D eigenvalue weighted by atomic mass is 10.1. The number of benzene rings is 1. The van der Waals surface area contributed by atoms with Gasteiger partial charge in [0.15, 0.2) is 5.65 Å². The third-order valence-corrected chi connectivity index (χ3v) is 4.86. The third-order valence-electron chi connectivity index (χ3n) is 4.86. The molecule has 1 aromatic carbocycles. The molecule has 0 spiro atoms. The van der Waals surface area contributed by atoms with Crippen molar-refractivity contribution in [2.75, 3.05) is 31.1 Å². The molecular weight excluding hydrogens is 355 g/mol. The lowest BCUT2D eigenvalue weighted by Crippen LogP contribution is -2.43. The highest BCUT2D eigenvalue weighted by atomic mass is 19.4. The van der Waals surface area contributed by atoms with Crippen LogP contribution in [0.1, 0.15) is 17.0 Å². The number of aromatic nitrogens is 3. The third kappa shape index (κ3) is 3.49. The van der Waals surface area contributed by atoms with Crippen molar-refractivity contribution in [3.63, 3.8) is 0 Å². The molecule has 0 unspecified atom stereocenters. The van der Waals surface area contributed by atoms with Crippen LogP contribution in [0.5, 0.6) is 0 Å². The topological polar surface area (TPSA) is 46.0 Å². The molecule has 0 bridgehead atoms. The predicted octanol–water partition coefficient (Wildman–Crippen LogP) is 3.22. The highest BCUT2D eigenvalue weighted by Gasteiger charge is 2.30. The molecule has 3 heterocycles. The molecule has 8 heteroatoms. The first kappa shape index (κ1) is 17.8. The summed E-state index contributed by atoms with van der Waals surface area (Å²) in [6.45, 7) is 5.75. The van der Waals surface area contributed by atoms with E-state index in [1.165, 1.54) is 12.1 Å². The van der Waals surface area contributed by atoms with Crippen molar-refractivity contribution in [1.82, 2.24) is 19.9 Å². The molecule has 3 aromatic rings. The zero-order chi connectivity index (χ0) is 19.0. The van der Waals surface area contributed by atoms with Gasteiger partial charge in [-0.3, -0.25) is 0 Å². The highest BCUT2D eigenvalue weighted by molar-refractivity contribution is 5.86. The maximum absolute atomic E-state index is 13.0. The summed E-state index contributed by atoms with van der Waals surface area (Å²) in [5.41, 5.74) is 2.44. The lowest BCUT2D eigenvalue weighted by molar-refractivity contribution is -0.137. The van der Waals surface area contributed by atoms with Crippen LogP contribution < -0.4 is 10.2 Å². The largest absolute Gasteiger partial charge is 0.416 e. The number of fused-ring (bicyclic) bond motifs is 1. The van der Waals surface area contributed by atoms with E-state index in [1.54, 1.807) is 12.3 Å². The molecule has 0 aliphatic carbocycles. The summed E-state index contributed by atoms with van der Waals surface area (Å²) in [6, 6.07) is 7.36. The van der Waals surface area contributed by atoms with Crippen molar-refractivity contribution in [1.29, 1.82) is 0 Å². The van der Waals surface area contributed by atoms with Gasteiger partial charge in [-0.2, -0.15) is 13.2 Å². The van der Waals surface area contributed by atoms with E-state index >= 15 is 0 Å². The van der Waals surface area contributed by atoms with Crippen LogP contribution in [0.4, 0.5) is 18.9 Å². The standard InChI is InChI=1S/C19H20F3N5/c1-13-25-17-16(26-9-7-23-8-10-26)5-6-24-18(17)27(13)12-14-3-2-4-15(11-14)19(20,21)22/h2-6,11,23H,7-10,12H2,1H3. The Morgan fingerprint density at radius 2 is 1.93 bits per heavy atom. The van der Waals surface area contributed by atoms with Crippen molar-refractivity contribution < 1.29 is 13.2 Å². The second-order valence-corrected chi connectivity index (χ2v) is 6.68. The molecule has 1 saturated heterocycles. The van der Waals surface area contributed by atoms with Crippen LogP contribution in [-0.2, 0) is 12.7 Å². The number of anilines is 1. The summed E-state index contributed by atoms with van der Waals surface area (Å²) in [4.78, 5) is 11.4. The Hall–Kier alpha value is -2.61. The molecule has 0 radical (unpaired) electrons. The van der Waals surface area contributed by atoms with Crippen molar-refractivity contribution in [3.05, 3.63) is 53.5 Å². The Kier molecular flexibility index (Phi) is 4.51. The SMILES string of the molecule is Cc1nc2c(N3CCNCC3)ccnc2n1Cc1cccc(C(F)(F)F)c1. The first-order valence-electron chi connectivity index (χ1n) is 8.87.